The van der Waals surface area contributed by atoms with Gasteiger partial charge in [-0.3, -0.25) is 9.48 Å². The molecular formula is C19H21N3O2S. The van der Waals surface area contributed by atoms with E-state index in [0.29, 0.717) is 13.0 Å². The third-order valence-corrected chi connectivity index (χ3v) is 4.76. The molecule has 5 nitrogen and oxygen atoms in total. The van der Waals surface area contributed by atoms with Gasteiger partial charge in [0, 0.05) is 29.6 Å². The van der Waals surface area contributed by atoms with Crippen molar-refractivity contribution in [3.63, 3.8) is 0 Å². The minimum absolute atomic E-state index is 0.0796. The van der Waals surface area contributed by atoms with E-state index in [-0.39, 0.29) is 5.91 Å². The fraction of sp³-hybridized carbons (Fsp3) is 0.263. The summed E-state index contributed by atoms with van der Waals surface area (Å²) < 4.78 is 7.05. The number of amides is 1. The highest BCUT2D eigenvalue weighted by Gasteiger charge is 2.05. The van der Waals surface area contributed by atoms with Crippen LogP contribution in [0.15, 0.2) is 54.2 Å². The number of thiophene rings is 1. The minimum atomic E-state index is 0.0796. The van der Waals surface area contributed by atoms with E-state index in [1.54, 1.807) is 18.4 Å². The lowest BCUT2D eigenvalue weighted by molar-refractivity contribution is -0.121. The van der Waals surface area contributed by atoms with Gasteiger partial charge in [0.1, 0.15) is 5.75 Å². The van der Waals surface area contributed by atoms with E-state index in [1.807, 2.05) is 58.9 Å². The zero-order valence-electron chi connectivity index (χ0n) is 14.1. The van der Waals surface area contributed by atoms with E-state index >= 15 is 0 Å². The lowest BCUT2D eigenvalue weighted by atomic mass is 10.1. The molecule has 2 heterocycles. The van der Waals surface area contributed by atoms with E-state index in [4.69, 9.17) is 4.74 Å². The monoisotopic (exact) mass is 355 g/mol. The van der Waals surface area contributed by atoms with Crippen molar-refractivity contribution in [3.05, 3.63) is 59.0 Å². The van der Waals surface area contributed by atoms with Gasteiger partial charge in [-0.2, -0.15) is 5.10 Å². The average molecular weight is 355 g/mol. The number of carbonyl (C=O) groups excluding carboxylic acids is 1. The van der Waals surface area contributed by atoms with Gasteiger partial charge < -0.3 is 10.1 Å². The third kappa shape index (κ3) is 4.93. The van der Waals surface area contributed by atoms with Gasteiger partial charge in [-0.05, 0) is 35.6 Å². The molecule has 3 rings (SSSR count). The lowest BCUT2D eigenvalue weighted by Crippen LogP contribution is -2.22. The number of rotatable bonds is 8. The summed E-state index contributed by atoms with van der Waals surface area (Å²) in [6.45, 7) is 1.34. The number of aryl methyl sites for hydroxylation is 1. The molecule has 2 aromatic heterocycles. The zero-order valence-corrected chi connectivity index (χ0v) is 15.0. The number of nitrogens with one attached hydrogen (secondary N) is 1. The molecule has 6 heteroatoms. The van der Waals surface area contributed by atoms with Crippen molar-refractivity contribution >= 4 is 17.2 Å². The van der Waals surface area contributed by atoms with Crippen molar-refractivity contribution in [2.24, 2.45) is 0 Å². The molecule has 0 saturated heterocycles. The highest BCUT2D eigenvalue weighted by molar-refractivity contribution is 7.09. The van der Waals surface area contributed by atoms with E-state index in [2.05, 4.69) is 10.4 Å². The second kappa shape index (κ2) is 8.48. The number of benzene rings is 1. The van der Waals surface area contributed by atoms with E-state index in [0.717, 1.165) is 29.8 Å². The van der Waals surface area contributed by atoms with Crippen LogP contribution in [0.25, 0.3) is 11.1 Å². The van der Waals surface area contributed by atoms with Crippen molar-refractivity contribution in [3.8, 4) is 16.9 Å². The van der Waals surface area contributed by atoms with Gasteiger partial charge >= 0.3 is 0 Å². The first-order chi connectivity index (χ1) is 12.2. The molecule has 0 unspecified atom stereocenters. The molecule has 130 valence electrons. The lowest BCUT2D eigenvalue weighted by Gasteiger charge is -2.04. The molecule has 0 atom stereocenters. The van der Waals surface area contributed by atoms with Crippen molar-refractivity contribution in [1.29, 1.82) is 0 Å². The van der Waals surface area contributed by atoms with Gasteiger partial charge in [0.25, 0.3) is 0 Å². The number of nitrogens with zero attached hydrogens (tertiary/aromatic N) is 2. The number of ether oxygens (including phenoxy) is 1. The van der Waals surface area contributed by atoms with Gasteiger partial charge in [-0.15, -0.1) is 11.3 Å². The Hall–Kier alpha value is -2.60. The molecule has 0 saturated carbocycles. The predicted octanol–water partition coefficient (Wildman–Crippen LogP) is 3.72. The first-order valence-electron chi connectivity index (χ1n) is 8.20. The molecule has 0 fully saturated rings. The molecule has 0 radical (unpaired) electrons. The van der Waals surface area contributed by atoms with Gasteiger partial charge in [0.15, 0.2) is 0 Å². The molecule has 0 aliphatic heterocycles. The van der Waals surface area contributed by atoms with Crippen molar-refractivity contribution in [2.45, 2.75) is 25.9 Å². The number of hydrogen-bond acceptors (Lipinski definition) is 4. The van der Waals surface area contributed by atoms with Crippen LogP contribution in [0, 0.1) is 0 Å². The number of hydrogen-bond donors (Lipinski definition) is 1. The summed E-state index contributed by atoms with van der Waals surface area (Å²) in [6, 6.07) is 11.9. The summed E-state index contributed by atoms with van der Waals surface area (Å²) in [5.74, 6) is 0.917. The summed E-state index contributed by atoms with van der Waals surface area (Å²) in [7, 11) is 1.66. The number of carbonyl (C=O) groups is 1. The Kier molecular flexibility index (Phi) is 5.85. The van der Waals surface area contributed by atoms with Crippen molar-refractivity contribution < 1.29 is 9.53 Å². The maximum absolute atomic E-state index is 11.9. The minimum Gasteiger partial charge on any atom is -0.497 e. The van der Waals surface area contributed by atoms with Crippen LogP contribution in [-0.4, -0.2) is 22.8 Å². The van der Waals surface area contributed by atoms with Gasteiger partial charge in [0.05, 0.1) is 19.9 Å². The van der Waals surface area contributed by atoms with Crippen LogP contribution < -0.4 is 10.1 Å². The second-order valence-corrected chi connectivity index (χ2v) is 6.71. The Morgan fingerprint density at radius 2 is 2.08 bits per heavy atom. The Morgan fingerprint density at radius 3 is 2.80 bits per heavy atom. The normalized spacial score (nSPS) is 10.6. The van der Waals surface area contributed by atoms with Crippen LogP contribution in [0.2, 0.25) is 0 Å². The van der Waals surface area contributed by atoms with E-state index < -0.39 is 0 Å². The fourth-order valence-electron chi connectivity index (χ4n) is 2.51. The Bertz CT molecular complexity index is 794. The highest BCUT2D eigenvalue weighted by atomic mass is 32.1. The topological polar surface area (TPSA) is 56.2 Å². The quantitative estimate of drug-likeness (QED) is 0.670. The first kappa shape index (κ1) is 17.2. The fourth-order valence-corrected chi connectivity index (χ4v) is 3.15. The smallest absolute Gasteiger partial charge is 0.220 e. The average Bonchev–Trinajstić information content (AvgIpc) is 3.32. The van der Waals surface area contributed by atoms with Crippen LogP contribution in [0.4, 0.5) is 0 Å². The molecule has 3 aromatic rings. The molecule has 0 aliphatic rings. The SMILES string of the molecule is COc1ccc(-c2cnn(CCCC(=O)NCc3cccs3)c2)cc1. The second-order valence-electron chi connectivity index (χ2n) is 5.68. The summed E-state index contributed by atoms with van der Waals surface area (Å²) in [5.41, 5.74) is 2.16. The molecule has 1 amide bonds. The maximum Gasteiger partial charge on any atom is 0.220 e. The van der Waals surface area contributed by atoms with Gasteiger partial charge in [0.2, 0.25) is 5.91 Å². The van der Waals surface area contributed by atoms with Crippen molar-refractivity contribution in [1.82, 2.24) is 15.1 Å². The largest absolute Gasteiger partial charge is 0.497 e. The standard InChI is InChI=1S/C19H21N3O2S/c1-24-17-8-6-15(7-9-17)16-12-21-22(14-16)10-2-5-19(23)20-13-18-4-3-11-25-18/h3-4,6-9,11-12,14H,2,5,10,13H2,1H3,(H,20,23). The first-order valence-corrected chi connectivity index (χ1v) is 9.08. The summed E-state index contributed by atoms with van der Waals surface area (Å²) in [5, 5.41) is 9.33. The predicted molar refractivity (Wildman–Crippen MR) is 99.6 cm³/mol. The highest BCUT2D eigenvalue weighted by Crippen LogP contribution is 2.21. The molecule has 25 heavy (non-hydrogen) atoms. The van der Waals surface area contributed by atoms with Crippen LogP contribution in [0.3, 0.4) is 0 Å². The maximum atomic E-state index is 11.9. The Labute approximate surface area is 151 Å². The number of methoxy groups -OCH3 is 1. The molecule has 0 spiro atoms. The van der Waals surface area contributed by atoms with Crippen LogP contribution >= 0.6 is 11.3 Å². The van der Waals surface area contributed by atoms with Crippen LogP contribution in [0.5, 0.6) is 5.75 Å². The zero-order chi connectivity index (χ0) is 17.5. The molecule has 1 N–H and O–H groups in total. The summed E-state index contributed by atoms with van der Waals surface area (Å²) in [4.78, 5) is 13.0. The summed E-state index contributed by atoms with van der Waals surface area (Å²) in [6.07, 6.45) is 5.12. The Balaban J connectivity index is 1.44. The van der Waals surface area contributed by atoms with Crippen LogP contribution in [0.1, 0.15) is 17.7 Å². The number of aromatic nitrogens is 2. The van der Waals surface area contributed by atoms with Crippen LogP contribution in [-0.2, 0) is 17.9 Å². The van der Waals surface area contributed by atoms with Crippen molar-refractivity contribution in [2.75, 3.05) is 7.11 Å². The van der Waals surface area contributed by atoms with E-state index in [1.165, 1.54) is 4.88 Å². The molecule has 1 aromatic carbocycles. The molecular weight excluding hydrogens is 334 g/mol. The van der Waals surface area contributed by atoms with Gasteiger partial charge in [-0.1, -0.05) is 18.2 Å². The Morgan fingerprint density at radius 1 is 1.24 bits per heavy atom. The van der Waals surface area contributed by atoms with E-state index in [9.17, 15) is 4.79 Å². The molecule has 0 bridgehead atoms. The van der Waals surface area contributed by atoms with Gasteiger partial charge in [-0.25, -0.2) is 0 Å². The summed E-state index contributed by atoms with van der Waals surface area (Å²) >= 11 is 1.65. The molecule has 0 aliphatic carbocycles. The third-order valence-electron chi connectivity index (χ3n) is 3.89.